The molecule has 18 heavy (non-hydrogen) atoms. The fourth-order valence-electron chi connectivity index (χ4n) is 1.54. The van der Waals surface area contributed by atoms with Gasteiger partial charge in [-0.3, -0.25) is 9.78 Å². The van der Waals surface area contributed by atoms with Crippen LogP contribution >= 0.6 is 11.6 Å². The highest BCUT2D eigenvalue weighted by atomic mass is 35.5. The van der Waals surface area contributed by atoms with E-state index in [0.717, 1.165) is 11.3 Å². The average Bonchev–Trinajstić information content (AvgIpc) is 2.27. The number of rotatable bonds is 2. The lowest BCUT2D eigenvalue weighted by Crippen LogP contribution is -2.15. The van der Waals surface area contributed by atoms with Crippen LogP contribution in [0.4, 0.5) is 5.82 Å². The lowest BCUT2D eigenvalue weighted by atomic mass is 10.2. The van der Waals surface area contributed by atoms with Crippen LogP contribution in [-0.4, -0.2) is 20.9 Å². The minimum absolute atomic E-state index is 0.156. The van der Waals surface area contributed by atoms with Gasteiger partial charge in [-0.25, -0.2) is 9.97 Å². The summed E-state index contributed by atoms with van der Waals surface area (Å²) in [4.78, 5) is 23.8. The highest BCUT2D eigenvalue weighted by molar-refractivity contribution is 6.29. The van der Waals surface area contributed by atoms with Crippen LogP contribution < -0.4 is 5.32 Å². The Bertz CT molecular complexity index is 580. The molecule has 0 aliphatic rings. The van der Waals surface area contributed by atoms with Crippen LogP contribution in [0.25, 0.3) is 0 Å². The lowest BCUT2D eigenvalue weighted by Gasteiger charge is -2.05. The van der Waals surface area contributed by atoms with Crippen molar-refractivity contribution in [2.75, 3.05) is 5.32 Å². The van der Waals surface area contributed by atoms with Crippen molar-refractivity contribution in [1.29, 1.82) is 0 Å². The zero-order chi connectivity index (χ0) is 13.1. The van der Waals surface area contributed by atoms with Gasteiger partial charge in [0.05, 0.1) is 12.4 Å². The number of anilines is 1. The van der Waals surface area contributed by atoms with Gasteiger partial charge in [-0.05, 0) is 31.5 Å². The number of nitrogens with zero attached hydrogens (tertiary/aromatic N) is 3. The Morgan fingerprint density at radius 1 is 1.22 bits per heavy atom. The van der Waals surface area contributed by atoms with Crippen LogP contribution in [0.3, 0.4) is 0 Å². The highest BCUT2D eigenvalue weighted by Gasteiger charge is 2.09. The maximum atomic E-state index is 11.9. The minimum Gasteiger partial charge on any atom is -0.305 e. The Hall–Kier alpha value is -2.01. The van der Waals surface area contributed by atoms with Crippen molar-refractivity contribution >= 4 is 23.3 Å². The smallest absolute Gasteiger partial charge is 0.277 e. The van der Waals surface area contributed by atoms with E-state index in [1.165, 1.54) is 12.4 Å². The zero-order valence-corrected chi connectivity index (χ0v) is 10.7. The van der Waals surface area contributed by atoms with E-state index >= 15 is 0 Å². The SMILES string of the molecule is Cc1cc(C)nc(NC(=O)c2cncc(Cl)n2)c1. The molecule has 0 saturated carbocycles. The van der Waals surface area contributed by atoms with Crippen LogP contribution in [0.15, 0.2) is 24.5 Å². The normalized spacial score (nSPS) is 10.2. The summed E-state index contributed by atoms with van der Waals surface area (Å²) < 4.78 is 0. The van der Waals surface area contributed by atoms with E-state index < -0.39 is 0 Å². The van der Waals surface area contributed by atoms with Gasteiger partial charge in [0.2, 0.25) is 0 Å². The molecule has 0 spiro atoms. The first-order valence-electron chi connectivity index (χ1n) is 5.29. The number of nitrogens with one attached hydrogen (secondary N) is 1. The first-order valence-corrected chi connectivity index (χ1v) is 5.66. The van der Waals surface area contributed by atoms with Crippen LogP contribution in [0.2, 0.25) is 5.15 Å². The standard InChI is InChI=1S/C12H11ClN4O/c1-7-3-8(2)15-11(4-7)17-12(18)9-5-14-6-10(13)16-9/h3-6H,1-2H3,(H,15,17,18). The van der Waals surface area contributed by atoms with Gasteiger partial charge >= 0.3 is 0 Å². The Balaban J connectivity index is 2.21. The molecule has 2 aromatic rings. The molecule has 5 nitrogen and oxygen atoms in total. The largest absolute Gasteiger partial charge is 0.305 e. The molecule has 0 unspecified atom stereocenters. The third-order valence-corrected chi connectivity index (χ3v) is 2.36. The van der Waals surface area contributed by atoms with E-state index in [1.807, 2.05) is 19.9 Å². The molecule has 0 bridgehead atoms. The van der Waals surface area contributed by atoms with Crippen LogP contribution in [0, 0.1) is 13.8 Å². The summed E-state index contributed by atoms with van der Waals surface area (Å²) in [5.74, 6) is 0.0989. The van der Waals surface area contributed by atoms with Crippen LogP contribution in [0.5, 0.6) is 0 Å². The number of pyridine rings is 1. The molecule has 2 aromatic heterocycles. The fourth-order valence-corrected chi connectivity index (χ4v) is 1.68. The molecule has 92 valence electrons. The van der Waals surface area contributed by atoms with Crippen molar-refractivity contribution < 1.29 is 4.79 Å². The second-order valence-electron chi connectivity index (χ2n) is 3.85. The quantitative estimate of drug-likeness (QED) is 0.902. The van der Waals surface area contributed by atoms with Crippen LogP contribution in [-0.2, 0) is 0 Å². The maximum absolute atomic E-state index is 11.9. The van der Waals surface area contributed by atoms with E-state index in [1.54, 1.807) is 6.07 Å². The first-order chi connectivity index (χ1) is 8.54. The van der Waals surface area contributed by atoms with Gasteiger partial charge < -0.3 is 5.32 Å². The predicted molar refractivity (Wildman–Crippen MR) is 68.7 cm³/mol. The van der Waals surface area contributed by atoms with Gasteiger partial charge in [-0.1, -0.05) is 11.6 Å². The number of amides is 1. The molecule has 0 atom stereocenters. The van der Waals surface area contributed by atoms with Crippen molar-refractivity contribution in [3.05, 3.63) is 46.6 Å². The number of carbonyl (C=O) groups is 1. The lowest BCUT2D eigenvalue weighted by molar-refractivity contribution is 0.102. The number of aromatic nitrogens is 3. The fraction of sp³-hybridized carbons (Fsp3) is 0.167. The average molecular weight is 263 g/mol. The van der Waals surface area contributed by atoms with Crippen molar-refractivity contribution in [3.63, 3.8) is 0 Å². The molecule has 2 rings (SSSR count). The topological polar surface area (TPSA) is 67.8 Å². The second-order valence-corrected chi connectivity index (χ2v) is 4.24. The summed E-state index contributed by atoms with van der Waals surface area (Å²) in [7, 11) is 0. The summed E-state index contributed by atoms with van der Waals surface area (Å²) >= 11 is 5.67. The van der Waals surface area contributed by atoms with Crippen molar-refractivity contribution in [3.8, 4) is 0 Å². The van der Waals surface area contributed by atoms with Crippen molar-refractivity contribution in [1.82, 2.24) is 15.0 Å². The number of hydrogen-bond donors (Lipinski definition) is 1. The molecule has 0 fully saturated rings. The summed E-state index contributed by atoms with van der Waals surface area (Å²) in [6.07, 6.45) is 2.72. The molecule has 0 aliphatic heterocycles. The summed E-state index contributed by atoms with van der Waals surface area (Å²) in [6, 6.07) is 3.71. The van der Waals surface area contributed by atoms with Gasteiger partial charge in [0.25, 0.3) is 5.91 Å². The molecule has 0 aromatic carbocycles. The molecular formula is C12H11ClN4O. The van der Waals surface area contributed by atoms with Gasteiger partial charge in [0.1, 0.15) is 16.7 Å². The van der Waals surface area contributed by atoms with Crippen molar-refractivity contribution in [2.24, 2.45) is 0 Å². The van der Waals surface area contributed by atoms with Gasteiger partial charge in [0, 0.05) is 5.69 Å². The van der Waals surface area contributed by atoms with Crippen molar-refractivity contribution in [2.45, 2.75) is 13.8 Å². The van der Waals surface area contributed by atoms with E-state index in [9.17, 15) is 4.79 Å². The number of carbonyl (C=O) groups excluding carboxylic acids is 1. The highest BCUT2D eigenvalue weighted by Crippen LogP contribution is 2.10. The van der Waals surface area contributed by atoms with Gasteiger partial charge in [0.15, 0.2) is 0 Å². The van der Waals surface area contributed by atoms with E-state index in [4.69, 9.17) is 11.6 Å². The Kier molecular flexibility index (Phi) is 3.53. The molecule has 6 heteroatoms. The molecule has 0 aliphatic carbocycles. The summed E-state index contributed by atoms with van der Waals surface area (Å²) in [5, 5.41) is 2.83. The molecule has 1 N–H and O–H groups in total. The molecule has 0 radical (unpaired) electrons. The predicted octanol–water partition coefficient (Wildman–Crippen LogP) is 2.39. The van der Waals surface area contributed by atoms with E-state index in [0.29, 0.717) is 5.82 Å². The number of hydrogen-bond acceptors (Lipinski definition) is 4. The Morgan fingerprint density at radius 2 is 2.00 bits per heavy atom. The third-order valence-electron chi connectivity index (χ3n) is 2.18. The summed E-state index contributed by atoms with van der Waals surface area (Å²) in [5.41, 5.74) is 2.01. The third kappa shape index (κ3) is 3.01. The number of aryl methyl sites for hydroxylation is 2. The van der Waals surface area contributed by atoms with Gasteiger partial charge in [-0.15, -0.1) is 0 Å². The molecule has 1 amide bonds. The Labute approximate surface area is 109 Å². The second kappa shape index (κ2) is 5.10. The van der Waals surface area contributed by atoms with E-state index in [-0.39, 0.29) is 16.8 Å². The zero-order valence-electron chi connectivity index (χ0n) is 9.94. The monoisotopic (exact) mass is 262 g/mol. The molecule has 2 heterocycles. The molecule has 0 saturated heterocycles. The minimum atomic E-state index is -0.387. The number of halogens is 1. The first kappa shape index (κ1) is 12.4. The van der Waals surface area contributed by atoms with Crippen LogP contribution in [0.1, 0.15) is 21.7 Å². The van der Waals surface area contributed by atoms with Gasteiger partial charge in [-0.2, -0.15) is 0 Å². The maximum Gasteiger partial charge on any atom is 0.277 e. The Morgan fingerprint density at radius 3 is 2.67 bits per heavy atom. The summed E-state index contributed by atoms with van der Waals surface area (Å²) in [6.45, 7) is 3.80. The van der Waals surface area contributed by atoms with E-state index in [2.05, 4.69) is 20.3 Å². The molecular weight excluding hydrogens is 252 g/mol.